The minimum absolute atomic E-state index is 0.573. The number of rotatable bonds is 2. The van der Waals surface area contributed by atoms with E-state index in [0.29, 0.717) is 5.41 Å². The van der Waals surface area contributed by atoms with Crippen LogP contribution in [0.5, 0.6) is 0 Å². The van der Waals surface area contributed by atoms with Gasteiger partial charge < -0.3 is 5.73 Å². The zero-order chi connectivity index (χ0) is 8.77. The van der Waals surface area contributed by atoms with E-state index in [-0.39, 0.29) is 0 Å². The third-order valence-electron chi connectivity index (χ3n) is 4.30. The molecule has 2 saturated carbocycles. The molecule has 70 valence electrons. The van der Waals surface area contributed by atoms with Crippen LogP contribution in [0.3, 0.4) is 0 Å². The number of hydrogen-bond donors (Lipinski definition) is 1. The average molecular weight is 167 g/mol. The molecular weight excluding hydrogens is 146 g/mol. The molecule has 0 aromatic carbocycles. The molecule has 1 heteroatoms. The fourth-order valence-electron chi connectivity index (χ4n) is 3.49. The molecule has 0 amide bonds. The predicted octanol–water partition coefficient (Wildman–Crippen LogP) is 2.41. The van der Waals surface area contributed by atoms with Gasteiger partial charge in [0.1, 0.15) is 0 Å². The van der Waals surface area contributed by atoms with E-state index in [9.17, 15) is 0 Å². The summed E-state index contributed by atoms with van der Waals surface area (Å²) in [6, 6.07) is 0. The van der Waals surface area contributed by atoms with Crippen molar-refractivity contribution >= 4 is 0 Å². The maximum Gasteiger partial charge on any atom is -0.00407 e. The van der Waals surface area contributed by atoms with E-state index in [4.69, 9.17) is 5.73 Å². The van der Waals surface area contributed by atoms with E-state index in [1.165, 1.54) is 25.7 Å². The quantitative estimate of drug-likeness (QED) is 0.671. The van der Waals surface area contributed by atoms with Gasteiger partial charge in [0.2, 0.25) is 0 Å². The molecule has 0 radical (unpaired) electrons. The van der Waals surface area contributed by atoms with Crippen molar-refractivity contribution in [3.05, 3.63) is 0 Å². The van der Waals surface area contributed by atoms with E-state index in [1.54, 1.807) is 0 Å². The third kappa shape index (κ3) is 1.10. The molecule has 2 atom stereocenters. The molecule has 0 unspecified atom stereocenters. The van der Waals surface area contributed by atoms with E-state index in [1.807, 2.05) is 0 Å². The first-order valence-corrected chi connectivity index (χ1v) is 5.38. The first-order valence-electron chi connectivity index (χ1n) is 5.38. The van der Waals surface area contributed by atoms with Gasteiger partial charge in [0.25, 0.3) is 0 Å². The van der Waals surface area contributed by atoms with Crippen molar-refractivity contribution < 1.29 is 0 Å². The minimum atomic E-state index is 0.573. The van der Waals surface area contributed by atoms with Crippen LogP contribution in [0.2, 0.25) is 0 Å². The van der Waals surface area contributed by atoms with Crippen molar-refractivity contribution in [1.29, 1.82) is 0 Å². The van der Waals surface area contributed by atoms with E-state index in [2.05, 4.69) is 13.8 Å². The molecule has 0 spiro atoms. The monoisotopic (exact) mass is 167 g/mol. The zero-order valence-corrected chi connectivity index (χ0v) is 8.34. The Balaban J connectivity index is 1.97. The molecule has 2 rings (SSSR count). The van der Waals surface area contributed by atoms with Crippen molar-refractivity contribution in [2.24, 2.45) is 28.9 Å². The van der Waals surface area contributed by atoms with Gasteiger partial charge in [-0.05, 0) is 29.7 Å². The molecule has 1 nitrogen and oxygen atoms in total. The molecule has 0 aromatic heterocycles. The highest BCUT2D eigenvalue weighted by Crippen LogP contribution is 2.63. The highest BCUT2D eigenvalue weighted by Gasteiger charge is 2.59. The van der Waals surface area contributed by atoms with Crippen LogP contribution < -0.4 is 5.73 Å². The van der Waals surface area contributed by atoms with Gasteiger partial charge in [-0.3, -0.25) is 0 Å². The van der Waals surface area contributed by atoms with Crippen molar-refractivity contribution in [3.63, 3.8) is 0 Å². The molecule has 2 aliphatic rings. The van der Waals surface area contributed by atoms with Crippen molar-refractivity contribution in [2.45, 2.75) is 39.5 Å². The van der Waals surface area contributed by atoms with Gasteiger partial charge in [-0.2, -0.15) is 0 Å². The van der Waals surface area contributed by atoms with Crippen LogP contribution in [-0.4, -0.2) is 6.54 Å². The van der Waals surface area contributed by atoms with Crippen LogP contribution >= 0.6 is 0 Å². The molecule has 2 aliphatic carbocycles. The first-order chi connectivity index (χ1) is 5.68. The highest BCUT2D eigenvalue weighted by atomic mass is 14.7. The minimum Gasteiger partial charge on any atom is -0.330 e. The molecule has 12 heavy (non-hydrogen) atoms. The molecule has 0 bridgehead atoms. The van der Waals surface area contributed by atoms with Gasteiger partial charge in [0, 0.05) is 0 Å². The van der Waals surface area contributed by atoms with Crippen LogP contribution in [0, 0.1) is 23.2 Å². The number of hydrogen-bond acceptors (Lipinski definition) is 1. The Morgan fingerprint density at radius 3 is 2.25 bits per heavy atom. The summed E-state index contributed by atoms with van der Waals surface area (Å²) >= 11 is 0. The lowest BCUT2D eigenvalue weighted by molar-refractivity contribution is 0.401. The van der Waals surface area contributed by atoms with Gasteiger partial charge in [0.05, 0.1) is 0 Å². The molecule has 0 aromatic rings. The molecule has 2 fully saturated rings. The lowest BCUT2D eigenvalue weighted by Crippen LogP contribution is -2.06. The van der Waals surface area contributed by atoms with Gasteiger partial charge in [-0.1, -0.05) is 39.5 Å². The van der Waals surface area contributed by atoms with Crippen LogP contribution in [0.15, 0.2) is 0 Å². The summed E-state index contributed by atoms with van der Waals surface area (Å²) in [7, 11) is 0. The van der Waals surface area contributed by atoms with Gasteiger partial charge in [-0.25, -0.2) is 0 Å². The maximum atomic E-state index is 5.77. The predicted molar refractivity (Wildman–Crippen MR) is 51.8 cm³/mol. The average Bonchev–Trinajstić information content (AvgIpc) is 2.50. The smallest absolute Gasteiger partial charge is 0.00407 e. The van der Waals surface area contributed by atoms with Crippen LogP contribution in [-0.2, 0) is 0 Å². The Labute approximate surface area is 75.7 Å². The summed E-state index contributed by atoms with van der Waals surface area (Å²) in [5.41, 5.74) is 6.34. The first kappa shape index (κ1) is 8.55. The van der Waals surface area contributed by atoms with E-state index >= 15 is 0 Å². The normalized spacial score (nSPS) is 40.2. The van der Waals surface area contributed by atoms with Crippen molar-refractivity contribution in [2.75, 3.05) is 6.54 Å². The molecule has 0 saturated heterocycles. The second-order valence-corrected chi connectivity index (χ2v) is 5.23. The topological polar surface area (TPSA) is 26.0 Å². The van der Waals surface area contributed by atoms with E-state index < -0.39 is 0 Å². The summed E-state index contributed by atoms with van der Waals surface area (Å²) in [6.07, 6.45) is 5.89. The number of nitrogens with two attached hydrogens (primary N) is 1. The van der Waals surface area contributed by atoms with Crippen molar-refractivity contribution in [1.82, 2.24) is 0 Å². The van der Waals surface area contributed by atoms with E-state index in [0.717, 1.165) is 24.3 Å². The lowest BCUT2D eigenvalue weighted by atomic mass is 9.96. The Kier molecular flexibility index (Phi) is 1.95. The second kappa shape index (κ2) is 2.73. The van der Waals surface area contributed by atoms with Gasteiger partial charge in [-0.15, -0.1) is 0 Å². The summed E-state index contributed by atoms with van der Waals surface area (Å²) in [5.74, 6) is 2.82. The Bertz CT molecular complexity index is 168. The van der Waals surface area contributed by atoms with Crippen molar-refractivity contribution in [3.8, 4) is 0 Å². The third-order valence-corrected chi connectivity index (χ3v) is 4.30. The molecule has 0 aliphatic heterocycles. The second-order valence-electron chi connectivity index (χ2n) is 5.23. The molecule has 0 heterocycles. The maximum absolute atomic E-state index is 5.77. The summed E-state index contributed by atoms with van der Waals surface area (Å²) in [6.45, 7) is 5.70. The summed E-state index contributed by atoms with van der Waals surface area (Å²) in [5, 5.41) is 0. The SMILES string of the molecule is CC1(C)[C@H](CN)[C@H]1C1CCCC1. The van der Waals surface area contributed by atoms with Gasteiger partial charge in [0.15, 0.2) is 0 Å². The van der Waals surface area contributed by atoms with Crippen LogP contribution in [0.25, 0.3) is 0 Å². The standard InChI is InChI=1S/C11H21N/c1-11(2)9(7-12)10(11)8-5-3-4-6-8/h8-10H,3-7,12H2,1-2H3/t9-,10-/m1/s1. The largest absolute Gasteiger partial charge is 0.330 e. The van der Waals surface area contributed by atoms with Crippen LogP contribution in [0.4, 0.5) is 0 Å². The Morgan fingerprint density at radius 2 is 1.83 bits per heavy atom. The Hall–Kier alpha value is -0.0400. The zero-order valence-electron chi connectivity index (χ0n) is 8.34. The lowest BCUT2D eigenvalue weighted by Gasteiger charge is -2.09. The molecule has 2 N–H and O–H groups in total. The summed E-state index contributed by atoms with van der Waals surface area (Å²) < 4.78 is 0. The molecular formula is C11H21N. The fourth-order valence-corrected chi connectivity index (χ4v) is 3.49. The highest BCUT2D eigenvalue weighted by molar-refractivity contribution is 5.08. The fraction of sp³-hybridized carbons (Fsp3) is 1.00. The van der Waals surface area contributed by atoms with Crippen LogP contribution in [0.1, 0.15) is 39.5 Å². The Morgan fingerprint density at radius 1 is 1.25 bits per heavy atom. The summed E-state index contributed by atoms with van der Waals surface area (Å²) in [4.78, 5) is 0. The van der Waals surface area contributed by atoms with Gasteiger partial charge >= 0.3 is 0 Å².